The molecule has 4 N–H and O–H groups in total. The van der Waals surface area contributed by atoms with Crippen molar-refractivity contribution >= 4 is 0 Å². The molecule has 8 nitrogen and oxygen atoms in total. The third-order valence-electron chi connectivity index (χ3n) is 14.7. The third kappa shape index (κ3) is 20.5. The Bertz CT molecular complexity index is 3410. The van der Waals surface area contributed by atoms with Gasteiger partial charge in [0.15, 0.2) is 0 Å². The van der Waals surface area contributed by atoms with E-state index in [1.807, 2.05) is 31.2 Å². The Kier molecular flexibility index (Phi) is 15.0. The summed E-state index contributed by atoms with van der Waals surface area (Å²) in [5.74, 6) is -8.37. The van der Waals surface area contributed by atoms with Crippen LogP contribution >= 0.6 is 0 Å². The smallest absolute Gasteiger partial charge is 0.0728 e. The maximum Gasteiger partial charge on any atom is 0.0728 e. The van der Waals surface area contributed by atoms with Crippen molar-refractivity contribution in [1.29, 1.82) is 0 Å². The third-order valence-corrected chi connectivity index (χ3v) is 14.7. The van der Waals surface area contributed by atoms with Crippen LogP contribution in [0.2, 0.25) is 0 Å². The average molecular weight is 1100 g/mol. The van der Waals surface area contributed by atoms with Crippen LogP contribution in [0.4, 0.5) is 0 Å². The van der Waals surface area contributed by atoms with E-state index >= 15 is 0 Å². The molecule has 0 aliphatic heterocycles. The first-order valence-electron chi connectivity index (χ1n) is 40.7. The van der Waals surface area contributed by atoms with Crippen LogP contribution < -0.4 is 0 Å². The fraction of sp³-hybridized carbons (Fsp3) is 0.657. The molecule has 4 unspecified atom stereocenters. The number of aryl methyl sites for hydroxylation is 4. The summed E-state index contributed by atoms with van der Waals surface area (Å²) in [4.78, 5) is 5.57. The van der Waals surface area contributed by atoms with Crippen LogP contribution in [0.25, 0.3) is 0 Å². The van der Waals surface area contributed by atoms with Crippen LogP contribution in [-0.2, 0) is 0 Å². The van der Waals surface area contributed by atoms with Crippen LogP contribution in [0.3, 0.4) is 0 Å². The van der Waals surface area contributed by atoms with Gasteiger partial charge in [0.2, 0.25) is 0 Å². The molecule has 0 saturated heterocycles. The molecule has 4 aliphatic carbocycles. The molecule has 0 radical (unpaired) electrons. The lowest BCUT2D eigenvalue weighted by molar-refractivity contribution is -0.0371. The minimum atomic E-state index is -3.90. The van der Waals surface area contributed by atoms with Gasteiger partial charge in [0.25, 0.3) is 0 Å². The molecular weight excluding hydrogens is 961 g/mol. The summed E-state index contributed by atoms with van der Waals surface area (Å²) in [6, 6.07) is 28.2. The largest absolute Gasteiger partial charge is 0.389 e. The summed E-state index contributed by atoms with van der Waals surface area (Å²) in [7, 11) is 9.88. The molecule has 4 atom stereocenters. The molecule has 438 valence electrons. The van der Waals surface area contributed by atoms with E-state index in [1.165, 1.54) is 83.4 Å². The van der Waals surface area contributed by atoms with Crippen LogP contribution in [0, 0.1) is 33.6 Å². The van der Waals surface area contributed by atoms with Gasteiger partial charge >= 0.3 is 0 Å². The predicted molar refractivity (Wildman–Crippen MR) is 333 cm³/mol. The lowest BCUT2D eigenvalue weighted by atomic mass is 9.70. The molecule has 0 spiro atoms. The summed E-state index contributed by atoms with van der Waals surface area (Å²) < 4.78 is 222. The summed E-state index contributed by atoms with van der Waals surface area (Å²) >= 11 is 0. The maximum absolute atomic E-state index is 11.8. The number of aliphatic hydroxyl groups is 4. The first-order chi connectivity index (χ1) is 46.8. The molecule has 4 aromatic rings. The minimum absolute atomic E-state index is 0. The molecule has 4 saturated carbocycles. The first kappa shape index (κ1) is 36.9. The fourth-order valence-corrected chi connectivity index (χ4v) is 10.4. The number of hydrogen-bond acceptors (Lipinski definition) is 8. The van der Waals surface area contributed by atoms with Crippen molar-refractivity contribution in [3.8, 4) is 0 Å². The highest BCUT2D eigenvalue weighted by molar-refractivity contribution is 5.31. The van der Waals surface area contributed by atoms with Crippen molar-refractivity contribution < 1.29 is 57.4 Å². The predicted octanol–water partition coefficient (Wildman–Crippen LogP) is 14.2. The molecular formula is C70H114N4O4. The summed E-state index contributed by atoms with van der Waals surface area (Å²) in [6.45, 7) is 3.14. The second-order valence-corrected chi connectivity index (χ2v) is 22.4. The second kappa shape index (κ2) is 31.7. The van der Waals surface area contributed by atoms with Gasteiger partial charge in [-0.3, -0.25) is 0 Å². The highest BCUT2D eigenvalue weighted by Crippen LogP contribution is 2.44. The first-order valence-corrected chi connectivity index (χ1v) is 27.2. The molecule has 0 amide bonds. The van der Waals surface area contributed by atoms with E-state index in [0.29, 0.717) is 17.0 Å². The molecule has 0 bridgehead atoms. The zero-order valence-electron chi connectivity index (χ0n) is 74.9. The quantitative estimate of drug-likeness (QED) is 0.0882. The molecule has 0 aromatic heterocycles. The number of likely N-dealkylation sites (N-methyl/N-ethyl adjacent to an activating group) is 4. The lowest BCUT2D eigenvalue weighted by Gasteiger charge is -2.42. The van der Waals surface area contributed by atoms with Gasteiger partial charge in [-0.15, -0.1) is 0 Å². The van der Waals surface area contributed by atoms with Gasteiger partial charge in [-0.05, 0) is 176 Å². The molecule has 8 heteroatoms. The van der Waals surface area contributed by atoms with Gasteiger partial charge < -0.3 is 40.0 Å². The van der Waals surface area contributed by atoms with E-state index in [4.69, 9.17) is 35.6 Å². The highest BCUT2D eigenvalue weighted by Gasteiger charge is 2.42. The van der Waals surface area contributed by atoms with E-state index in [9.17, 15) is 21.8 Å². The Morgan fingerprint density at radius 3 is 1.08 bits per heavy atom. The van der Waals surface area contributed by atoms with Crippen molar-refractivity contribution in [3.05, 3.63) is 142 Å². The van der Waals surface area contributed by atoms with E-state index in [-0.39, 0.29) is 30.4 Å². The van der Waals surface area contributed by atoms with Gasteiger partial charge in [-0.25, -0.2) is 0 Å². The summed E-state index contributed by atoms with van der Waals surface area (Å²) in [6.07, 6.45) is -22.8. The standard InChI is InChI=1S/C18H29NO.3C17H27NO.CH4/c1-14-5-7-16(8-6-14)17(13-19(3)4)18(20)11-9-15(2)10-12-18;3*1-14-7-9-15(10-8-14)16(13-18(2)3)17(19)11-5-4-6-12-17;/h5-8,15,17,20H,9-13H2,1-4H3;3*7-10,16,19H,4-6,11-13H2,1-3H3;1H4/i9D2,10D2,11D2,12D2,15D,17D;2D3,4D2,5D2,6D2,11D2,12D2,16D;2D3;;. The zero-order chi connectivity index (χ0) is 80.3. The average Bonchev–Trinajstić information content (AvgIpc) is 0.656. The second-order valence-electron chi connectivity index (χ2n) is 22.4. The Balaban J connectivity index is 0.000000301. The number of hydrogen-bond donors (Lipinski definition) is 4. The topological polar surface area (TPSA) is 93.9 Å². The lowest BCUT2D eigenvalue weighted by Crippen LogP contribution is -2.44. The maximum atomic E-state index is 11.8. The molecule has 4 fully saturated rings. The molecule has 4 aliphatic rings. The van der Waals surface area contributed by atoms with Crippen molar-refractivity contribution in [3.63, 3.8) is 0 Å². The highest BCUT2D eigenvalue weighted by atomic mass is 16.3. The van der Waals surface area contributed by atoms with Crippen LogP contribution in [-0.4, -0.2) is 145 Å². The summed E-state index contributed by atoms with van der Waals surface area (Å²) in [5.41, 5.74) is -2.78. The Morgan fingerprint density at radius 2 is 0.744 bits per heavy atom. The number of rotatable bonds is 16. The normalized spacial score (nSPS) is 35.3. The molecule has 8 rings (SSSR count). The van der Waals surface area contributed by atoms with Crippen molar-refractivity contribution in [1.82, 2.24) is 19.6 Å². The van der Waals surface area contributed by atoms with Gasteiger partial charge in [0.1, 0.15) is 0 Å². The van der Waals surface area contributed by atoms with Gasteiger partial charge in [-0.1, -0.05) is 191 Å². The molecule has 4 aromatic carbocycles. The number of benzene rings is 4. The van der Waals surface area contributed by atoms with Gasteiger partial charge in [0.05, 0.1) is 22.4 Å². The van der Waals surface area contributed by atoms with Crippen LogP contribution in [0.1, 0.15) is 241 Å². The zero-order valence-corrected chi connectivity index (χ0v) is 47.9. The van der Waals surface area contributed by atoms with Crippen molar-refractivity contribution in [2.45, 2.75) is 210 Å². The molecule has 0 heterocycles. The Hall–Kier alpha value is -3.44. The Morgan fingerprint density at radius 1 is 0.449 bits per heavy atom. The van der Waals surface area contributed by atoms with Gasteiger partial charge in [-0.2, -0.15) is 0 Å². The monoisotopic (exact) mass is 1100 g/mol. The molecule has 78 heavy (non-hydrogen) atoms. The Labute approximate surface area is 516 Å². The van der Waals surface area contributed by atoms with E-state index in [1.54, 1.807) is 33.0 Å². The van der Waals surface area contributed by atoms with Crippen LogP contribution in [0.5, 0.6) is 0 Å². The van der Waals surface area contributed by atoms with Crippen molar-refractivity contribution in [2.75, 3.05) is 82.4 Å². The summed E-state index contributed by atoms with van der Waals surface area (Å²) in [5, 5.41) is 45.8. The minimum Gasteiger partial charge on any atom is -0.389 e. The van der Waals surface area contributed by atoms with E-state index in [0.717, 1.165) is 89.4 Å². The fourth-order valence-electron chi connectivity index (χ4n) is 10.4. The number of nitrogens with zero attached hydrogens (tertiary/aromatic N) is 4. The SMILES string of the molecule is C.Cc1ccc(C(CN(C)C)C2(O)CCCCC2)cc1.[2H]C(CN(C)C)(c1ccc(C)cc1)C1(O)C([2H])([2H])C([2H])([2H])C([2H])(C)C([2H])([2H])C1([2H])[2H].[2H]C([2H])([2H])N(C)CC([2H])(c1ccc(C)cc1)C1(O)C([2H])([2H])C([2H])([2H])C([2H])([2H])C([2H])([2H])C1([2H])[2H].[2H]C([2H])([2H])N(C)CC(c1ccc(C)cc1)C1(O)CCCCC1. The van der Waals surface area contributed by atoms with Crippen molar-refractivity contribution in [2.24, 2.45) is 5.89 Å². The van der Waals surface area contributed by atoms with Gasteiger partial charge in [0, 0.05) is 86.8 Å². The van der Waals surface area contributed by atoms with E-state index in [2.05, 4.69) is 50.2 Å². The van der Waals surface area contributed by atoms with E-state index < -0.39 is 124 Å². The van der Waals surface area contributed by atoms with Crippen LogP contribution in [0.15, 0.2) is 97.1 Å².